The van der Waals surface area contributed by atoms with Crippen molar-refractivity contribution in [3.8, 4) is 33.4 Å². The Kier molecular flexibility index (Phi) is 6.08. The van der Waals surface area contributed by atoms with Crippen LogP contribution in [0, 0.1) is 13.8 Å². The molecule has 0 N–H and O–H groups in total. The van der Waals surface area contributed by atoms with Gasteiger partial charge in [0.05, 0.1) is 11.0 Å². The van der Waals surface area contributed by atoms with Crippen LogP contribution in [0.2, 0.25) is 0 Å². The van der Waals surface area contributed by atoms with Gasteiger partial charge in [0, 0.05) is 62.5 Å². The van der Waals surface area contributed by atoms with E-state index in [1.54, 1.807) is 0 Å². The first-order valence-corrected chi connectivity index (χ1v) is 17.9. The molecule has 10 aromatic rings. The van der Waals surface area contributed by atoms with Gasteiger partial charge in [-0.2, -0.15) is 0 Å². The van der Waals surface area contributed by atoms with Crippen LogP contribution >= 0.6 is 22.7 Å². The standard InChI is InChI=1S/C44H28N2S2/c1-25-11-12-27-13-16-35-36(19-26(2)46-44(35)43(27)45-25)32-21-30(28-14-17-41-37(23-28)33-7-3-5-9-39(33)47-41)20-31(22-32)29-15-18-42-38(24-29)34-8-4-6-10-40(34)48-42/h3-24H,1-2H3. The number of hydrogen-bond donors (Lipinski definition) is 0. The lowest BCUT2D eigenvalue weighted by Crippen LogP contribution is -1.93. The Morgan fingerprint density at radius 1 is 0.375 bits per heavy atom. The number of rotatable bonds is 3. The Morgan fingerprint density at radius 2 is 0.917 bits per heavy atom. The molecule has 0 amide bonds. The molecule has 2 nitrogen and oxygen atoms in total. The highest BCUT2D eigenvalue weighted by Crippen LogP contribution is 2.42. The fraction of sp³-hybridized carbons (Fsp3) is 0.0455. The molecule has 6 aromatic carbocycles. The second kappa shape index (κ2) is 10.5. The molecule has 0 aliphatic heterocycles. The van der Waals surface area contributed by atoms with Crippen molar-refractivity contribution in [3.05, 3.63) is 145 Å². The van der Waals surface area contributed by atoms with Crippen molar-refractivity contribution in [2.24, 2.45) is 0 Å². The van der Waals surface area contributed by atoms with Crippen molar-refractivity contribution >= 4 is 84.8 Å². The van der Waals surface area contributed by atoms with Gasteiger partial charge in [-0.15, -0.1) is 22.7 Å². The molecular weight excluding hydrogens is 621 g/mol. The van der Waals surface area contributed by atoms with Gasteiger partial charge in [-0.25, -0.2) is 0 Å². The normalized spacial score (nSPS) is 12.0. The number of aromatic nitrogens is 2. The minimum absolute atomic E-state index is 0.954. The van der Waals surface area contributed by atoms with Gasteiger partial charge in [0.2, 0.25) is 0 Å². The van der Waals surface area contributed by atoms with E-state index in [1.807, 2.05) is 29.6 Å². The van der Waals surface area contributed by atoms with Crippen LogP contribution < -0.4 is 0 Å². The summed E-state index contributed by atoms with van der Waals surface area (Å²) < 4.78 is 5.28. The summed E-state index contributed by atoms with van der Waals surface area (Å²) in [5.41, 5.74) is 11.1. The van der Waals surface area contributed by atoms with Crippen molar-refractivity contribution in [2.45, 2.75) is 13.8 Å². The summed E-state index contributed by atoms with van der Waals surface area (Å²) in [7, 11) is 0. The molecule has 4 aromatic heterocycles. The van der Waals surface area contributed by atoms with E-state index in [9.17, 15) is 0 Å². The first-order valence-electron chi connectivity index (χ1n) is 16.2. The zero-order valence-electron chi connectivity index (χ0n) is 26.4. The summed E-state index contributed by atoms with van der Waals surface area (Å²) in [5, 5.41) is 7.48. The van der Waals surface area contributed by atoms with E-state index in [2.05, 4.69) is 140 Å². The van der Waals surface area contributed by atoms with E-state index in [-0.39, 0.29) is 0 Å². The second-order valence-electron chi connectivity index (χ2n) is 12.7. The highest BCUT2D eigenvalue weighted by atomic mass is 32.1. The number of fused-ring (bicyclic) bond motifs is 9. The van der Waals surface area contributed by atoms with Crippen LogP contribution in [0.15, 0.2) is 133 Å². The third-order valence-electron chi connectivity index (χ3n) is 9.57. The average Bonchev–Trinajstić information content (AvgIpc) is 3.68. The Morgan fingerprint density at radius 3 is 1.56 bits per heavy atom. The average molecular weight is 649 g/mol. The summed E-state index contributed by atoms with van der Waals surface area (Å²) in [6.07, 6.45) is 0. The van der Waals surface area contributed by atoms with Gasteiger partial charge < -0.3 is 0 Å². The lowest BCUT2D eigenvalue weighted by molar-refractivity contribution is 1.23. The maximum atomic E-state index is 5.05. The molecule has 0 unspecified atom stereocenters. The van der Waals surface area contributed by atoms with Crippen LogP contribution in [0.5, 0.6) is 0 Å². The highest BCUT2D eigenvalue weighted by molar-refractivity contribution is 7.26. The molecule has 0 bridgehead atoms. The maximum absolute atomic E-state index is 5.05. The molecule has 4 heteroatoms. The summed E-state index contributed by atoms with van der Waals surface area (Å²) in [6, 6.07) is 49.3. The fourth-order valence-electron chi connectivity index (χ4n) is 7.26. The molecule has 0 radical (unpaired) electrons. The topological polar surface area (TPSA) is 25.8 Å². The monoisotopic (exact) mass is 648 g/mol. The molecule has 4 heterocycles. The quantitative estimate of drug-likeness (QED) is 0.178. The zero-order valence-corrected chi connectivity index (χ0v) is 28.0. The van der Waals surface area contributed by atoms with Crippen molar-refractivity contribution in [3.63, 3.8) is 0 Å². The van der Waals surface area contributed by atoms with Crippen molar-refractivity contribution in [1.29, 1.82) is 0 Å². The predicted molar refractivity (Wildman–Crippen MR) is 209 cm³/mol. The third kappa shape index (κ3) is 4.37. The lowest BCUT2D eigenvalue weighted by Gasteiger charge is -2.15. The van der Waals surface area contributed by atoms with E-state index in [0.29, 0.717) is 0 Å². The smallest absolute Gasteiger partial charge is 0.0974 e. The molecule has 0 aliphatic rings. The number of hydrogen-bond acceptors (Lipinski definition) is 4. The van der Waals surface area contributed by atoms with E-state index in [1.165, 1.54) is 73.7 Å². The van der Waals surface area contributed by atoms with Gasteiger partial charge in [0.1, 0.15) is 0 Å². The van der Waals surface area contributed by atoms with Gasteiger partial charge in [0.15, 0.2) is 0 Å². The minimum Gasteiger partial charge on any atom is -0.251 e. The second-order valence-corrected chi connectivity index (χ2v) is 14.9. The van der Waals surface area contributed by atoms with E-state index in [0.717, 1.165) is 33.2 Å². The Bertz CT molecular complexity index is 2800. The van der Waals surface area contributed by atoms with Crippen LogP contribution in [0.3, 0.4) is 0 Å². The Labute approximate surface area is 285 Å². The molecule has 0 saturated heterocycles. The van der Waals surface area contributed by atoms with Gasteiger partial charge in [-0.05, 0) is 114 Å². The molecule has 10 rings (SSSR count). The van der Waals surface area contributed by atoms with Crippen LogP contribution in [0.1, 0.15) is 11.4 Å². The molecule has 48 heavy (non-hydrogen) atoms. The predicted octanol–water partition coefficient (Wildman–Crippen LogP) is 13.1. The van der Waals surface area contributed by atoms with Crippen LogP contribution in [0.25, 0.3) is 95.5 Å². The summed E-state index contributed by atoms with van der Waals surface area (Å²) >= 11 is 3.72. The first-order chi connectivity index (χ1) is 23.6. The molecule has 0 spiro atoms. The summed E-state index contributed by atoms with van der Waals surface area (Å²) in [5.74, 6) is 0. The molecular formula is C44H28N2S2. The van der Waals surface area contributed by atoms with Crippen LogP contribution in [-0.4, -0.2) is 9.97 Å². The summed E-state index contributed by atoms with van der Waals surface area (Å²) in [6.45, 7) is 4.14. The van der Waals surface area contributed by atoms with E-state index >= 15 is 0 Å². The van der Waals surface area contributed by atoms with Gasteiger partial charge in [-0.1, -0.05) is 66.7 Å². The Balaban J connectivity index is 1.25. The SMILES string of the molecule is Cc1ccc2ccc3c(-c4cc(-c5ccc6sc7ccccc7c6c5)cc(-c5ccc6sc7ccccc7c6c5)c4)cc(C)nc3c2n1. The minimum atomic E-state index is 0.954. The van der Waals surface area contributed by atoms with Crippen molar-refractivity contribution in [2.75, 3.05) is 0 Å². The van der Waals surface area contributed by atoms with Gasteiger partial charge in [0.25, 0.3) is 0 Å². The molecule has 226 valence electrons. The molecule has 0 aliphatic carbocycles. The van der Waals surface area contributed by atoms with Gasteiger partial charge >= 0.3 is 0 Å². The van der Waals surface area contributed by atoms with E-state index in [4.69, 9.17) is 9.97 Å². The number of aryl methyl sites for hydroxylation is 2. The Hall–Kier alpha value is -5.42. The molecule has 0 saturated carbocycles. The number of benzene rings is 6. The highest BCUT2D eigenvalue weighted by Gasteiger charge is 2.16. The number of nitrogens with zero attached hydrogens (tertiary/aromatic N) is 2. The first kappa shape index (κ1) is 27.7. The van der Waals surface area contributed by atoms with Crippen LogP contribution in [-0.2, 0) is 0 Å². The number of thiophene rings is 2. The van der Waals surface area contributed by atoms with E-state index < -0.39 is 0 Å². The summed E-state index contributed by atoms with van der Waals surface area (Å²) in [4.78, 5) is 9.99. The molecule has 0 fully saturated rings. The zero-order chi connectivity index (χ0) is 31.9. The lowest BCUT2D eigenvalue weighted by atomic mass is 9.91. The van der Waals surface area contributed by atoms with Gasteiger partial charge in [-0.3, -0.25) is 9.97 Å². The van der Waals surface area contributed by atoms with Crippen molar-refractivity contribution in [1.82, 2.24) is 9.97 Å². The molecule has 0 atom stereocenters. The van der Waals surface area contributed by atoms with Crippen LogP contribution in [0.4, 0.5) is 0 Å². The number of pyridine rings is 2. The van der Waals surface area contributed by atoms with Crippen molar-refractivity contribution < 1.29 is 0 Å². The third-order valence-corrected chi connectivity index (χ3v) is 11.9. The maximum Gasteiger partial charge on any atom is 0.0974 e. The largest absolute Gasteiger partial charge is 0.251 e. The fourth-order valence-corrected chi connectivity index (χ4v) is 9.44.